The Morgan fingerprint density at radius 2 is 0.560 bits per heavy atom. The zero-order chi connectivity index (χ0) is 57.2. The van der Waals surface area contributed by atoms with Crippen LogP contribution in [0.5, 0.6) is 51.7 Å². The van der Waals surface area contributed by atoms with Gasteiger partial charge in [0.25, 0.3) is 0 Å². The Morgan fingerprint density at radius 1 is 0.345 bits per heavy atom. The van der Waals surface area contributed by atoms with Crippen LogP contribution in [-0.2, 0) is 28.4 Å². The van der Waals surface area contributed by atoms with Crippen LogP contribution in [0.4, 0.5) is 0 Å². The molecule has 0 spiro atoms. The molecule has 3 aliphatic heterocycles. The number of hydrogen-bond donors (Lipinski definition) is 0. The largest absolute Gasteiger partial charge is 0.501 e. The molecule has 0 N–H and O–H groups in total. The van der Waals surface area contributed by atoms with Crippen LogP contribution in [0.25, 0.3) is 0 Å². The molecule has 3 aliphatic rings. The smallest absolute Gasteiger partial charge is 0.188 e. The molecule has 6 aromatic rings. The van der Waals surface area contributed by atoms with E-state index in [1.54, 1.807) is 42.7 Å². The van der Waals surface area contributed by atoms with E-state index < -0.39 is 0 Å². The van der Waals surface area contributed by atoms with Crippen LogP contribution in [0.1, 0.15) is 70.4 Å². The Bertz CT molecular complexity index is 2550. The average molecular weight is 1530 g/mol. The predicted octanol–water partition coefficient (Wildman–Crippen LogP) is 13.0. The summed E-state index contributed by atoms with van der Waals surface area (Å²) in [7, 11) is 9.61. The molecule has 0 aliphatic carbocycles. The van der Waals surface area contributed by atoms with Gasteiger partial charge in [-0.1, -0.05) is 72.8 Å². The first kappa shape index (κ1) is 72.7. The Kier molecular flexibility index (Phi) is 34.5. The quantitative estimate of drug-likeness (QED) is 0.0274. The first-order valence-corrected chi connectivity index (χ1v) is 26.5. The van der Waals surface area contributed by atoms with Crippen molar-refractivity contribution in [3.8, 4) is 51.7 Å². The molecule has 18 heteroatoms. The first-order chi connectivity index (χ1) is 39.8. The summed E-state index contributed by atoms with van der Waals surface area (Å²) in [5, 5.41) is 0. The Labute approximate surface area is 596 Å². The zero-order valence-electron chi connectivity index (χ0n) is 49.1. The topological polar surface area (TPSA) is 138 Å². The number of rotatable bonds is 27. The fourth-order valence-corrected chi connectivity index (χ4v) is 9.60. The molecule has 441 valence electrons. The third kappa shape index (κ3) is 20.9. The minimum Gasteiger partial charge on any atom is -0.501 e. The van der Waals surface area contributed by atoms with Gasteiger partial charge in [-0.3, -0.25) is 0 Å². The van der Waals surface area contributed by atoms with Gasteiger partial charge < -0.3 is 71.1 Å². The maximum Gasteiger partial charge on any atom is 0.188 e. The summed E-state index contributed by atoms with van der Waals surface area (Å²) in [6, 6.07) is 41.8. The second-order valence-electron chi connectivity index (χ2n) is 18.6. The molecule has 0 fully saturated rings. The molecule has 0 bridgehead atoms. The SMILES string of the molecule is C=CCC1c2ccc(OCOC)cc2OC[C-]1c1ccc(OCOC)cc1.C=CCC1c2ccc(OCOC)cc2OC[C-]1c1ccc(OCOC)cc1.C=CCC1c2ccc(OCOC)cc2OC[C-]1c1ccc(OCOC)cc1.[Pr].[Pr].[Pr]. The zero-order valence-corrected chi connectivity index (χ0v) is 60.2. The van der Waals surface area contributed by atoms with Crippen LogP contribution in [0, 0.1) is 142 Å². The van der Waals surface area contributed by atoms with Crippen LogP contribution < -0.4 is 42.6 Å². The van der Waals surface area contributed by atoms with Crippen molar-refractivity contribution >= 4 is 0 Å². The van der Waals surface area contributed by atoms with Crippen molar-refractivity contribution in [2.45, 2.75) is 37.0 Å². The van der Waals surface area contributed by atoms with Crippen molar-refractivity contribution in [3.63, 3.8) is 0 Å². The van der Waals surface area contributed by atoms with Gasteiger partial charge >= 0.3 is 0 Å². The molecule has 3 radical (unpaired) electrons. The summed E-state index contributed by atoms with van der Waals surface area (Å²) in [5.74, 6) is 11.4. The second kappa shape index (κ2) is 39.9. The summed E-state index contributed by atoms with van der Waals surface area (Å²) in [4.78, 5) is 0. The Balaban J connectivity index is 0.000000266. The summed E-state index contributed by atoms with van der Waals surface area (Å²) in [6.07, 6.45) is 8.37. The van der Waals surface area contributed by atoms with Gasteiger partial charge in [-0.2, -0.15) is 53.1 Å². The summed E-state index contributed by atoms with van der Waals surface area (Å²) >= 11 is 0. The summed E-state index contributed by atoms with van der Waals surface area (Å²) < 4.78 is 80.8. The molecule has 0 amide bonds. The van der Waals surface area contributed by atoms with Gasteiger partial charge in [0, 0.05) is 185 Å². The van der Waals surface area contributed by atoms with Crippen LogP contribution in [-0.4, -0.2) is 103 Å². The van der Waals surface area contributed by atoms with Crippen molar-refractivity contribution in [1.29, 1.82) is 0 Å². The number of hydrogen-bond acceptors (Lipinski definition) is 15. The van der Waals surface area contributed by atoms with Gasteiger partial charge in [0.1, 0.15) is 34.5 Å². The van der Waals surface area contributed by atoms with Gasteiger partial charge in [-0.15, -0.1) is 37.5 Å². The van der Waals surface area contributed by atoms with Crippen LogP contribution in [0.2, 0.25) is 0 Å². The standard InChI is InChI=1S/3C22H25O5.3Pr/c3*1-4-5-19-20-11-10-18(27-15-24-3)12-22(20)25-13-21(19)16-6-8-17(9-7-16)26-14-23-2;;;/h3*4,6-12,19H,1,5,13-15H2,2-3H3;;;/q3*-1;;;. The number of benzene rings is 6. The second-order valence-corrected chi connectivity index (χ2v) is 18.6. The molecule has 0 saturated carbocycles. The molecule has 84 heavy (non-hydrogen) atoms. The fourth-order valence-electron chi connectivity index (χ4n) is 9.60. The van der Waals surface area contributed by atoms with E-state index in [1.165, 1.54) is 17.8 Å². The normalized spacial score (nSPS) is 15.1. The number of methoxy groups -OCH3 is 6. The van der Waals surface area contributed by atoms with E-state index in [4.69, 9.17) is 71.1 Å². The monoisotopic (exact) mass is 1530 g/mol. The van der Waals surface area contributed by atoms with Crippen LogP contribution >= 0.6 is 0 Å². The summed E-state index contributed by atoms with van der Waals surface area (Å²) in [6.45, 7) is 14.7. The Hall–Kier alpha value is -3.80. The van der Waals surface area contributed by atoms with Gasteiger partial charge in [-0.05, 0) is 71.9 Å². The van der Waals surface area contributed by atoms with E-state index >= 15 is 0 Å². The minimum atomic E-state index is 0. The molecule has 9 rings (SSSR count). The predicted molar refractivity (Wildman–Crippen MR) is 310 cm³/mol. The van der Waals surface area contributed by atoms with Gasteiger partial charge in [0.15, 0.2) is 40.8 Å². The third-order valence-electron chi connectivity index (χ3n) is 13.4. The van der Waals surface area contributed by atoms with E-state index in [-0.39, 0.29) is 182 Å². The van der Waals surface area contributed by atoms with E-state index in [2.05, 4.69) is 74.3 Å². The van der Waals surface area contributed by atoms with Gasteiger partial charge in [-0.25, -0.2) is 0 Å². The molecular weight excluding hydrogens is 1460 g/mol. The minimum absolute atomic E-state index is 0. The molecule has 3 heterocycles. The first-order valence-electron chi connectivity index (χ1n) is 26.5. The molecule has 6 aromatic carbocycles. The van der Waals surface area contributed by atoms with Crippen molar-refractivity contribution in [2.75, 3.05) is 103 Å². The van der Waals surface area contributed by atoms with Crippen molar-refractivity contribution in [2.24, 2.45) is 0 Å². The van der Waals surface area contributed by atoms with E-state index in [1.807, 2.05) is 91.0 Å². The van der Waals surface area contributed by atoms with E-state index in [0.29, 0.717) is 19.8 Å². The van der Waals surface area contributed by atoms with E-state index in [0.717, 1.165) is 104 Å². The maximum atomic E-state index is 6.04. The average Bonchev–Trinajstić information content (AvgIpc) is 3.71. The fraction of sp³-hybridized carbons (Fsp3) is 0.318. The number of allylic oxidation sites excluding steroid dienone is 3. The maximum absolute atomic E-state index is 6.04. The summed E-state index contributed by atoms with van der Waals surface area (Å²) in [5.41, 5.74) is 6.83. The molecular formula is C66H75O15Pr3-3. The van der Waals surface area contributed by atoms with E-state index in [9.17, 15) is 0 Å². The van der Waals surface area contributed by atoms with Crippen LogP contribution in [0.3, 0.4) is 0 Å². The number of ether oxygens (including phenoxy) is 15. The Morgan fingerprint density at radius 3 is 0.774 bits per heavy atom. The molecule has 15 nitrogen and oxygen atoms in total. The van der Waals surface area contributed by atoms with Gasteiger partial charge in [0.2, 0.25) is 0 Å². The molecule has 3 atom stereocenters. The number of fused-ring (bicyclic) bond motifs is 3. The van der Waals surface area contributed by atoms with Crippen molar-refractivity contribution in [3.05, 3.63) is 216 Å². The van der Waals surface area contributed by atoms with Crippen LogP contribution in [0.15, 0.2) is 165 Å². The van der Waals surface area contributed by atoms with Crippen molar-refractivity contribution < 1.29 is 195 Å². The van der Waals surface area contributed by atoms with Gasteiger partial charge in [0.05, 0.1) is 37.1 Å². The molecule has 0 saturated heterocycles. The molecule has 3 unspecified atom stereocenters. The van der Waals surface area contributed by atoms with Crippen molar-refractivity contribution in [1.82, 2.24) is 0 Å². The molecule has 0 aromatic heterocycles. The third-order valence-corrected chi connectivity index (χ3v) is 13.4.